The first kappa shape index (κ1) is 35.4. The minimum absolute atomic E-state index is 0.00602. The fraction of sp³-hybridized carbons (Fsp3) is 0.345. The summed E-state index contributed by atoms with van der Waals surface area (Å²) in [7, 11) is 0. The third-order valence-electron chi connectivity index (χ3n) is 15.6. The Labute approximate surface area is 349 Å². The molecule has 1 spiro atoms. The SMILES string of the molecule is CC1(C)c2ccccc2-c2cc3c(cc21)[C@H]1C(c2ccc(C4=CC(C5NC6=C(C7=CCCCC7S6)C(c6ccccc6)N5)=CCC4)cc2)=CC=CC1C31CCCCC1. The highest BCUT2D eigenvalue weighted by molar-refractivity contribution is 8.04. The van der Waals surface area contributed by atoms with Crippen LogP contribution >= 0.6 is 11.8 Å². The van der Waals surface area contributed by atoms with Crippen LogP contribution in [0.3, 0.4) is 0 Å². The maximum Gasteiger partial charge on any atom is 0.104 e. The Hall–Kier alpha value is -4.57. The first-order valence-electron chi connectivity index (χ1n) is 22.4. The van der Waals surface area contributed by atoms with Gasteiger partial charge in [-0.05, 0) is 129 Å². The van der Waals surface area contributed by atoms with Crippen LogP contribution in [0.1, 0.15) is 129 Å². The lowest BCUT2D eigenvalue weighted by molar-refractivity contribution is 0.235. The Morgan fingerprint density at radius 3 is 2.40 bits per heavy atom. The third kappa shape index (κ3) is 5.28. The monoisotopic (exact) mass is 774 g/mol. The zero-order valence-electron chi connectivity index (χ0n) is 34.0. The van der Waals surface area contributed by atoms with Crippen molar-refractivity contribution >= 4 is 22.9 Å². The number of benzene rings is 4. The number of fused-ring (bicyclic) bond motifs is 10. The van der Waals surface area contributed by atoms with Crippen LogP contribution in [0, 0.1) is 5.92 Å². The molecule has 4 aromatic carbocycles. The summed E-state index contributed by atoms with van der Waals surface area (Å²) in [4.78, 5) is 0. The van der Waals surface area contributed by atoms with Crippen molar-refractivity contribution in [1.82, 2.24) is 10.6 Å². The van der Waals surface area contributed by atoms with Crippen LogP contribution in [-0.2, 0) is 10.8 Å². The number of rotatable bonds is 4. The fourth-order valence-corrected chi connectivity index (χ4v) is 14.3. The third-order valence-corrected chi connectivity index (χ3v) is 16.9. The lowest BCUT2D eigenvalue weighted by Gasteiger charge is -2.41. The van der Waals surface area contributed by atoms with Gasteiger partial charge in [-0.15, -0.1) is 11.8 Å². The first-order chi connectivity index (χ1) is 28.5. The molecule has 1 fully saturated rings. The summed E-state index contributed by atoms with van der Waals surface area (Å²) in [5, 5.41) is 10.1. The number of allylic oxidation sites excluding steroid dienone is 7. The van der Waals surface area contributed by atoms with E-state index in [0.29, 0.717) is 17.1 Å². The summed E-state index contributed by atoms with van der Waals surface area (Å²) in [5.41, 5.74) is 20.9. The van der Waals surface area contributed by atoms with E-state index in [1.54, 1.807) is 16.7 Å². The van der Waals surface area contributed by atoms with Crippen LogP contribution in [0.5, 0.6) is 0 Å². The fourth-order valence-electron chi connectivity index (χ4n) is 12.8. The molecule has 4 aromatic rings. The Morgan fingerprint density at radius 1 is 0.724 bits per heavy atom. The molecule has 1 saturated carbocycles. The van der Waals surface area contributed by atoms with Crippen LogP contribution in [0.25, 0.3) is 22.3 Å². The molecule has 2 nitrogen and oxygen atoms in total. The van der Waals surface area contributed by atoms with Gasteiger partial charge in [-0.2, -0.15) is 0 Å². The van der Waals surface area contributed by atoms with E-state index in [1.807, 2.05) is 0 Å². The number of hydrogen-bond acceptors (Lipinski definition) is 3. The van der Waals surface area contributed by atoms with Gasteiger partial charge in [-0.1, -0.05) is 154 Å². The molecule has 58 heavy (non-hydrogen) atoms. The van der Waals surface area contributed by atoms with E-state index in [9.17, 15) is 0 Å². The zero-order chi connectivity index (χ0) is 38.6. The lowest BCUT2D eigenvalue weighted by Crippen LogP contribution is -2.49. The molecule has 290 valence electrons. The standard InChI is InChI=1S/C55H54N2S/c1-54(2)44-22-9-7-19-40(44)42-32-47-43(33-46(42)54)49-39(21-14-23-45(49)55(47)29-11-4-12-30-55)35-27-25-34(26-28-35)37-17-13-18-38(31-37)52-56-51(36-15-5-3-6-16-36)50-41-20-8-10-24-48(41)58-53(50)57-52/h3,5-7,9,14-16,18-23,25-28,31-33,45,48-49,51-52,56-57H,4,8,10-13,17,24,29-30H2,1-2H3/t45?,48?,49-,51?,52?/m1/s1. The van der Waals surface area contributed by atoms with Gasteiger partial charge in [0.05, 0.1) is 11.1 Å². The molecule has 3 heteroatoms. The molecule has 2 aliphatic heterocycles. The highest BCUT2D eigenvalue weighted by atomic mass is 32.2. The van der Waals surface area contributed by atoms with Crippen molar-refractivity contribution in [3.05, 3.63) is 188 Å². The van der Waals surface area contributed by atoms with Gasteiger partial charge in [0.25, 0.3) is 0 Å². The quantitative estimate of drug-likeness (QED) is 0.216. The molecule has 12 rings (SSSR count). The van der Waals surface area contributed by atoms with Crippen molar-refractivity contribution in [2.24, 2.45) is 5.92 Å². The predicted octanol–water partition coefficient (Wildman–Crippen LogP) is 13.4. The highest BCUT2D eigenvalue weighted by Crippen LogP contribution is 2.64. The maximum atomic E-state index is 4.10. The van der Waals surface area contributed by atoms with Crippen LogP contribution in [0.4, 0.5) is 0 Å². The van der Waals surface area contributed by atoms with Gasteiger partial charge in [0.1, 0.15) is 6.17 Å². The average molecular weight is 775 g/mol. The predicted molar refractivity (Wildman–Crippen MR) is 243 cm³/mol. The van der Waals surface area contributed by atoms with E-state index in [1.165, 1.54) is 118 Å². The Morgan fingerprint density at radius 2 is 1.53 bits per heavy atom. The second-order valence-corrected chi connectivity index (χ2v) is 20.1. The topological polar surface area (TPSA) is 24.1 Å². The van der Waals surface area contributed by atoms with Crippen molar-refractivity contribution in [1.29, 1.82) is 0 Å². The number of nitrogens with one attached hydrogen (secondary N) is 2. The van der Waals surface area contributed by atoms with Gasteiger partial charge in [-0.25, -0.2) is 0 Å². The van der Waals surface area contributed by atoms with Gasteiger partial charge in [0.15, 0.2) is 0 Å². The molecule has 0 aromatic heterocycles. The lowest BCUT2D eigenvalue weighted by atomic mass is 9.62. The summed E-state index contributed by atoms with van der Waals surface area (Å²) in [5.74, 6) is 0.909. The van der Waals surface area contributed by atoms with Crippen LogP contribution < -0.4 is 10.6 Å². The molecular weight excluding hydrogens is 721 g/mol. The summed E-state index contributed by atoms with van der Waals surface area (Å²) < 4.78 is 0. The van der Waals surface area contributed by atoms with E-state index < -0.39 is 0 Å². The van der Waals surface area contributed by atoms with E-state index >= 15 is 0 Å². The zero-order valence-corrected chi connectivity index (χ0v) is 34.8. The van der Waals surface area contributed by atoms with Gasteiger partial charge >= 0.3 is 0 Å². The van der Waals surface area contributed by atoms with E-state index in [0.717, 1.165) is 12.8 Å². The Kier molecular flexibility index (Phi) is 8.22. The second kappa shape index (κ2) is 13.5. The first-order valence-corrected chi connectivity index (χ1v) is 23.2. The number of thioether (sulfide) groups is 1. The minimum Gasteiger partial charge on any atom is -0.360 e. The number of hydrogen-bond donors (Lipinski definition) is 2. The molecule has 0 saturated heterocycles. The Balaban J connectivity index is 0.864. The molecule has 0 bridgehead atoms. The van der Waals surface area contributed by atoms with Gasteiger partial charge in [-0.3, -0.25) is 5.32 Å². The van der Waals surface area contributed by atoms with Crippen LogP contribution in [0.15, 0.2) is 149 Å². The summed E-state index contributed by atoms with van der Waals surface area (Å²) in [6, 6.07) is 35.6. The molecule has 2 N–H and O–H groups in total. The van der Waals surface area contributed by atoms with Crippen LogP contribution in [-0.4, -0.2) is 11.4 Å². The molecule has 4 unspecified atom stereocenters. The van der Waals surface area contributed by atoms with Crippen molar-refractivity contribution in [2.75, 3.05) is 0 Å². The summed E-state index contributed by atoms with van der Waals surface area (Å²) >= 11 is 2.07. The summed E-state index contributed by atoms with van der Waals surface area (Å²) in [6.07, 6.45) is 27.6. The van der Waals surface area contributed by atoms with Crippen LogP contribution in [0.2, 0.25) is 0 Å². The maximum absolute atomic E-state index is 4.10. The molecular formula is C55H54N2S. The molecule has 5 atom stereocenters. The highest BCUT2D eigenvalue weighted by Gasteiger charge is 2.54. The smallest absolute Gasteiger partial charge is 0.104 e. The molecule has 0 radical (unpaired) electrons. The largest absolute Gasteiger partial charge is 0.360 e. The van der Waals surface area contributed by atoms with Crippen molar-refractivity contribution < 1.29 is 0 Å². The van der Waals surface area contributed by atoms with Gasteiger partial charge in [0.2, 0.25) is 0 Å². The van der Waals surface area contributed by atoms with E-state index in [-0.39, 0.29) is 23.0 Å². The second-order valence-electron chi connectivity index (χ2n) is 18.9. The van der Waals surface area contributed by atoms with Crippen molar-refractivity contribution in [2.45, 2.75) is 112 Å². The molecule has 6 aliphatic carbocycles. The van der Waals surface area contributed by atoms with Gasteiger partial charge in [0, 0.05) is 27.6 Å². The van der Waals surface area contributed by atoms with Crippen molar-refractivity contribution in [3.8, 4) is 11.1 Å². The molecule has 8 aliphatic rings. The molecule has 2 heterocycles. The average Bonchev–Trinajstić information content (AvgIpc) is 3.86. The summed E-state index contributed by atoms with van der Waals surface area (Å²) in [6.45, 7) is 4.88. The minimum atomic E-state index is 0.00602. The van der Waals surface area contributed by atoms with E-state index in [4.69, 9.17) is 0 Å². The molecule has 0 amide bonds. The van der Waals surface area contributed by atoms with Gasteiger partial charge < -0.3 is 5.32 Å². The van der Waals surface area contributed by atoms with Crippen molar-refractivity contribution in [3.63, 3.8) is 0 Å². The Bertz CT molecular complexity index is 2540. The van der Waals surface area contributed by atoms with E-state index in [2.05, 4.69) is 164 Å². The normalized spacial score (nSPS) is 28.2.